The van der Waals surface area contributed by atoms with E-state index in [1.807, 2.05) is 18.3 Å². The summed E-state index contributed by atoms with van der Waals surface area (Å²) in [7, 11) is 0. The molecule has 4 nitrogen and oxygen atoms in total. The maximum absolute atomic E-state index is 6.35. The largest absolute Gasteiger partial charge is 0.324 e. The van der Waals surface area contributed by atoms with Crippen LogP contribution in [0.15, 0.2) is 72.9 Å². The van der Waals surface area contributed by atoms with Crippen LogP contribution in [0.5, 0.6) is 0 Å². The van der Waals surface area contributed by atoms with Gasteiger partial charge >= 0.3 is 0 Å². The van der Waals surface area contributed by atoms with E-state index in [4.69, 9.17) is 28.2 Å². The van der Waals surface area contributed by atoms with E-state index in [1.54, 1.807) is 0 Å². The maximum atomic E-state index is 6.35. The van der Waals surface area contributed by atoms with E-state index in [2.05, 4.69) is 69.8 Å². The Kier molecular flexibility index (Phi) is 7.14. The number of benzene rings is 3. The zero-order valence-corrected chi connectivity index (χ0v) is 22.3. The summed E-state index contributed by atoms with van der Waals surface area (Å²) in [6.45, 7) is 3.63. The Morgan fingerprint density at radius 1 is 0.892 bits per heavy atom. The van der Waals surface area contributed by atoms with Gasteiger partial charge in [0.15, 0.2) is 0 Å². The van der Waals surface area contributed by atoms with Gasteiger partial charge in [-0.1, -0.05) is 72.1 Å². The van der Waals surface area contributed by atoms with E-state index in [0.29, 0.717) is 16.0 Å². The molecule has 0 bridgehead atoms. The highest BCUT2D eigenvalue weighted by molar-refractivity contribution is 6.42. The number of piperidine rings is 1. The van der Waals surface area contributed by atoms with Crippen molar-refractivity contribution in [1.82, 2.24) is 14.9 Å². The molecular formula is C31H30Cl2N4. The van der Waals surface area contributed by atoms with Gasteiger partial charge in [0.2, 0.25) is 5.95 Å². The number of anilines is 2. The van der Waals surface area contributed by atoms with Gasteiger partial charge in [0.05, 0.1) is 15.7 Å². The Labute approximate surface area is 228 Å². The fourth-order valence-corrected chi connectivity index (χ4v) is 5.88. The van der Waals surface area contributed by atoms with Gasteiger partial charge in [-0.05, 0) is 85.3 Å². The minimum absolute atomic E-state index is 0.179. The third-order valence-electron chi connectivity index (χ3n) is 7.60. The molecule has 1 aliphatic heterocycles. The number of nitrogens with one attached hydrogen (secondary N) is 1. The molecule has 0 saturated carbocycles. The standard InChI is InChI=1S/C31H30Cl2N4/c32-28-13-10-22(19-29(28)33)27-18-23-20-34-31(36-30(23)26-7-3-2-6-25(26)27)35-24-11-8-21(9-12-24)14-17-37-15-4-1-5-16-37/h2-3,6-13,19-20,27H,1,4-5,14-18H2,(H,34,35,36)/t27-/m0/s1. The van der Waals surface area contributed by atoms with Crippen molar-refractivity contribution < 1.29 is 0 Å². The van der Waals surface area contributed by atoms with Crippen molar-refractivity contribution in [2.75, 3.05) is 25.0 Å². The number of aromatic nitrogens is 2. The molecular weight excluding hydrogens is 499 g/mol. The lowest BCUT2D eigenvalue weighted by molar-refractivity contribution is 0.231. The van der Waals surface area contributed by atoms with Crippen LogP contribution in [-0.2, 0) is 12.8 Å². The van der Waals surface area contributed by atoms with E-state index in [9.17, 15) is 0 Å². The second-order valence-electron chi connectivity index (χ2n) is 10.1. The molecule has 2 heterocycles. The smallest absolute Gasteiger partial charge is 0.227 e. The highest BCUT2D eigenvalue weighted by Gasteiger charge is 2.27. The Bertz CT molecular complexity index is 1400. The topological polar surface area (TPSA) is 41.1 Å². The van der Waals surface area contributed by atoms with Crippen molar-refractivity contribution in [2.45, 2.75) is 38.0 Å². The van der Waals surface area contributed by atoms with Crippen LogP contribution in [-0.4, -0.2) is 34.5 Å². The zero-order valence-electron chi connectivity index (χ0n) is 20.8. The second-order valence-corrected chi connectivity index (χ2v) is 10.9. The first-order valence-corrected chi connectivity index (χ1v) is 13.9. The quantitative estimate of drug-likeness (QED) is 0.276. The fourth-order valence-electron chi connectivity index (χ4n) is 5.58. The monoisotopic (exact) mass is 528 g/mol. The molecule has 0 radical (unpaired) electrons. The summed E-state index contributed by atoms with van der Waals surface area (Å²) in [5.41, 5.74) is 8.02. The Hall–Kier alpha value is -2.92. The third kappa shape index (κ3) is 5.38. The molecule has 4 aromatic rings. The summed E-state index contributed by atoms with van der Waals surface area (Å²) in [5.74, 6) is 0.793. The van der Waals surface area contributed by atoms with Crippen LogP contribution in [0.3, 0.4) is 0 Å². The van der Waals surface area contributed by atoms with Crippen LogP contribution in [0, 0.1) is 0 Å². The van der Waals surface area contributed by atoms with Crippen molar-refractivity contribution in [3.05, 3.63) is 105 Å². The highest BCUT2D eigenvalue weighted by Crippen LogP contribution is 2.43. The normalized spacial score (nSPS) is 17.2. The van der Waals surface area contributed by atoms with Gasteiger partial charge < -0.3 is 10.2 Å². The SMILES string of the molecule is Clc1ccc([C@@H]2Cc3cnc(Nc4ccc(CCN5CCCCC5)cc4)nc3-c3ccccc32)cc1Cl. The van der Waals surface area contributed by atoms with Crippen molar-refractivity contribution in [3.63, 3.8) is 0 Å². The fraction of sp³-hybridized carbons (Fsp3) is 0.290. The Balaban J connectivity index is 1.20. The number of hydrogen-bond acceptors (Lipinski definition) is 4. The first-order valence-electron chi connectivity index (χ1n) is 13.1. The summed E-state index contributed by atoms with van der Waals surface area (Å²) in [6, 6.07) is 23.1. The molecule has 1 fully saturated rings. The van der Waals surface area contributed by atoms with Crippen LogP contribution < -0.4 is 5.32 Å². The van der Waals surface area contributed by atoms with E-state index in [1.165, 1.54) is 43.5 Å². The van der Waals surface area contributed by atoms with E-state index >= 15 is 0 Å². The summed E-state index contributed by atoms with van der Waals surface area (Å²) in [6.07, 6.45) is 7.92. The van der Waals surface area contributed by atoms with Gasteiger partial charge in [-0.25, -0.2) is 9.97 Å². The summed E-state index contributed by atoms with van der Waals surface area (Å²) < 4.78 is 0. The Morgan fingerprint density at radius 2 is 1.70 bits per heavy atom. The predicted molar refractivity (Wildman–Crippen MR) is 153 cm³/mol. The lowest BCUT2D eigenvalue weighted by Crippen LogP contribution is -2.31. The van der Waals surface area contributed by atoms with Gasteiger partial charge in [0.1, 0.15) is 0 Å². The first-order chi connectivity index (χ1) is 18.1. The maximum Gasteiger partial charge on any atom is 0.227 e. The minimum atomic E-state index is 0.179. The number of fused-ring (bicyclic) bond motifs is 3. The summed E-state index contributed by atoms with van der Waals surface area (Å²) in [5, 5.41) is 4.56. The van der Waals surface area contributed by atoms with Crippen LogP contribution in [0.1, 0.15) is 47.4 Å². The molecule has 6 heteroatoms. The zero-order chi connectivity index (χ0) is 25.2. The average molecular weight is 530 g/mol. The third-order valence-corrected chi connectivity index (χ3v) is 8.34. The molecule has 1 aromatic heterocycles. The van der Waals surface area contributed by atoms with Crippen LogP contribution in [0.2, 0.25) is 10.0 Å². The van der Waals surface area contributed by atoms with Crippen molar-refractivity contribution in [1.29, 1.82) is 0 Å². The van der Waals surface area contributed by atoms with Crippen LogP contribution in [0.4, 0.5) is 11.6 Å². The molecule has 37 heavy (non-hydrogen) atoms. The molecule has 1 aliphatic carbocycles. The average Bonchev–Trinajstić information content (AvgIpc) is 2.94. The molecule has 0 unspecified atom stereocenters. The molecule has 2 aliphatic rings. The number of nitrogens with zero attached hydrogens (tertiary/aromatic N) is 3. The minimum Gasteiger partial charge on any atom is -0.324 e. The molecule has 0 spiro atoms. The van der Waals surface area contributed by atoms with E-state index in [0.717, 1.165) is 47.5 Å². The predicted octanol–water partition coefficient (Wildman–Crippen LogP) is 7.91. The van der Waals surface area contributed by atoms with Crippen molar-refractivity contribution >= 4 is 34.8 Å². The lowest BCUT2D eigenvalue weighted by atomic mass is 9.78. The molecule has 1 atom stereocenters. The number of halogens is 2. The van der Waals surface area contributed by atoms with Crippen LogP contribution >= 0.6 is 23.2 Å². The second kappa shape index (κ2) is 10.8. The Morgan fingerprint density at radius 3 is 2.51 bits per heavy atom. The summed E-state index contributed by atoms with van der Waals surface area (Å²) in [4.78, 5) is 12.2. The number of hydrogen-bond donors (Lipinski definition) is 1. The van der Waals surface area contributed by atoms with Crippen LogP contribution in [0.25, 0.3) is 11.3 Å². The number of rotatable bonds is 6. The molecule has 3 aromatic carbocycles. The molecule has 1 N–H and O–H groups in total. The van der Waals surface area contributed by atoms with Gasteiger partial charge in [0.25, 0.3) is 0 Å². The first kappa shape index (κ1) is 24.4. The van der Waals surface area contributed by atoms with E-state index in [-0.39, 0.29) is 5.92 Å². The molecule has 6 rings (SSSR count). The van der Waals surface area contributed by atoms with E-state index < -0.39 is 0 Å². The molecule has 1 saturated heterocycles. The van der Waals surface area contributed by atoms with Crippen molar-refractivity contribution in [2.24, 2.45) is 0 Å². The van der Waals surface area contributed by atoms with Gasteiger partial charge in [-0.2, -0.15) is 0 Å². The van der Waals surface area contributed by atoms with Gasteiger partial charge in [-0.3, -0.25) is 0 Å². The summed E-state index contributed by atoms with van der Waals surface area (Å²) >= 11 is 12.5. The lowest BCUT2D eigenvalue weighted by Gasteiger charge is -2.27. The van der Waals surface area contributed by atoms with Gasteiger partial charge in [0, 0.05) is 29.9 Å². The number of likely N-dealkylation sites (tertiary alicyclic amines) is 1. The van der Waals surface area contributed by atoms with Crippen molar-refractivity contribution in [3.8, 4) is 11.3 Å². The molecule has 188 valence electrons. The molecule has 0 amide bonds. The highest BCUT2D eigenvalue weighted by atomic mass is 35.5. The van der Waals surface area contributed by atoms with Gasteiger partial charge in [-0.15, -0.1) is 0 Å².